The molecule has 3 rings (SSSR count). The molecule has 1 aliphatic heterocycles. The minimum Gasteiger partial charge on any atom is -0.496 e. The van der Waals surface area contributed by atoms with Crippen LogP contribution in [0.1, 0.15) is 29.3 Å². The Morgan fingerprint density at radius 1 is 1.24 bits per heavy atom. The molecule has 4 heteroatoms. The van der Waals surface area contributed by atoms with Gasteiger partial charge >= 0.3 is 0 Å². The average molecular weight is 283 g/mol. The normalized spacial score (nSPS) is 18.0. The summed E-state index contributed by atoms with van der Waals surface area (Å²) in [5.74, 6) is 2.49. The second-order valence-electron chi connectivity index (χ2n) is 5.59. The quantitative estimate of drug-likeness (QED) is 0.867. The van der Waals surface area contributed by atoms with Crippen molar-refractivity contribution in [2.45, 2.75) is 26.2 Å². The summed E-state index contributed by atoms with van der Waals surface area (Å²) >= 11 is 0. The lowest BCUT2D eigenvalue weighted by Gasteiger charge is -2.20. The topological polar surface area (TPSA) is 38.2 Å². The van der Waals surface area contributed by atoms with E-state index in [1.54, 1.807) is 7.11 Å². The molecule has 1 aromatic heterocycles. The molecule has 110 valence electrons. The highest BCUT2D eigenvalue weighted by molar-refractivity contribution is 5.47. The molecule has 0 spiro atoms. The third kappa shape index (κ3) is 2.71. The van der Waals surface area contributed by atoms with E-state index in [2.05, 4.69) is 27.0 Å². The zero-order valence-corrected chi connectivity index (χ0v) is 12.8. The molecule has 2 aromatic rings. The van der Waals surface area contributed by atoms with Gasteiger partial charge in [0.1, 0.15) is 11.6 Å². The summed E-state index contributed by atoms with van der Waals surface area (Å²) in [7, 11) is 1.74. The first-order chi connectivity index (χ1) is 10.2. The average Bonchev–Trinajstić information content (AvgIpc) is 2.99. The highest BCUT2D eigenvalue weighted by atomic mass is 16.5. The van der Waals surface area contributed by atoms with Crippen LogP contribution in [0.4, 0.5) is 5.82 Å². The van der Waals surface area contributed by atoms with Crippen molar-refractivity contribution in [1.82, 2.24) is 9.97 Å². The van der Waals surface area contributed by atoms with Crippen LogP contribution in [-0.2, 0) is 0 Å². The van der Waals surface area contributed by atoms with Crippen molar-refractivity contribution >= 4 is 5.82 Å². The maximum absolute atomic E-state index is 5.50. The number of aromatic nitrogens is 2. The van der Waals surface area contributed by atoms with Gasteiger partial charge in [-0.15, -0.1) is 0 Å². The minimum atomic E-state index is 0.489. The molecule has 0 bridgehead atoms. The largest absolute Gasteiger partial charge is 0.496 e. The summed E-state index contributed by atoms with van der Waals surface area (Å²) in [6, 6.07) is 8.31. The van der Waals surface area contributed by atoms with Crippen LogP contribution in [0.15, 0.2) is 30.5 Å². The molecule has 21 heavy (non-hydrogen) atoms. The third-order valence-electron chi connectivity index (χ3n) is 4.12. The number of ether oxygens (including phenoxy) is 1. The molecule has 0 amide bonds. The van der Waals surface area contributed by atoms with Crippen LogP contribution in [0, 0.1) is 13.8 Å². The lowest BCUT2D eigenvalue weighted by molar-refractivity contribution is 0.406. The van der Waals surface area contributed by atoms with Gasteiger partial charge in [-0.3, -0.25) is 4.98 Å². The van der Waals surface area contributed by atoms with Crippen LogP contribution in [0.25, 0.3) is 0 Å². The van der Waals surface area contributed by atoms with Gasteiger partial charge in [-0.25, -0.2) is 4.98 Å². The third-order valence-corrected chi connectivity index (χ3v) is 4.12. The summed E-state index contributed by atoms with van der Waals surface area (Å²) in [4.78, 5) is 11.4. The van der Waals surface area contributed by atoms with Crippen LogP contribution < -0.4 is 9.64 Å². The van der Waals surface area contributed by atoms with E-state index in [1.165, 1.54) is 5.56 Å². The zero-order valence-electron chi connectivity index (χ0n) is 12.8. The van der Waals surface area contributed by atoms with E-state index in [0.717, 1.165) is 42.5 Å². The number of hydrogen-bond donors (Lipinski definition) is 0. The maximum Gasteiger partial charge on any atom is 0.150 e. The lowest BCUT2D eigenvalue weighted by atomic mass is 9.97. The number of anilines is 1. The van der Waals surface area contributed by atoms with Gasteiger partial charge in [-0.1, -0.05) is 18.2 Å². The van der Waals surface area contributed by atoms with Crippen molar-refractivity contribution in [3.8, 4) is 5.75 Å². The first-order valence-electron chi connectivity index (χ1n) is 7.37. The van der Waals surface area contributed by atoms with Gasteiger partial charge in [0.2, 0.25) is 0 Å². The first kappa shape index (κ1) is 13.9. The number of methoxy groups -OCH3 is 1. The smallest absolute Gasteiger partial charge is 0.150 e. The fraction of sp³-hybridized carbons (Fsp3) is 0.412. The number of aryl methyl sites for hydroxylation is 2. The zero-order chi connectivity index (χ0) is 14.8. The van der Waals surface area contributed by atoms with E-state index >= 15 is 0 Å². The number of benzene rings is 1. The van der Waals surface area contributed by atoms with Gasteiger partial charge in [-0.2, -0.15) is 0 Å². The molecule has 0 saturated carbocycles. The Labute approximate surface area is 125 Å². The van der Waals surface area contributed by atoms with Gasteiger partial charge in [0.05, 0.1) is 18.5 Å². The van der Waals surface area contributed by atoms with Crippen molar-refractivity contribution in [1.29, 1.82) is 0 Å². The van der Waals surface area contributed by atoms with Crippen LogP contribution in [0.5, 0.6) is 5.75 Å². The van der Waals surface area contributed by atoms with Gasteiger partial charge in [0, 0.05) is 25.2 Å². The molecule has 1 unspecified atom stereocenters. The molecule has 0 radical (unpaired) electrons. The van der Waals surface area contributed by atoms with Gasteiger partial charge < -0.3 is 9.64 Å². The van der Waals surface area contributed by atoms with E-state index in [9.17, 15) is 0 Å². The molecule has 1 saturated heterocycles. The molecule has 1 aliphatic rings. The standard InChI is InChI=1S/C17H21N3O/c1-12-10-18-13(2)17(19-12)20-9-8-14(11-20)15-6-4-5-7-16(15)21-3/h4-7,10,14H,8-9,11H2,1-3H3. The van der Waals surface area contributed by atoms with E-state index in [4.69, 9.17) is 4.74 Å². The van der Waals surface area contributed by atoms with Crippen LogP contribution >= 0.6 is 0 Å². The Kier molecular flexibility index (Phi) is 3.78. The van der Waals surface area contributed by atoms with Crippen molar-refractivity contribution in [3.05, 3.63) is 47.4 Å². The molecule has 0 N–H and O–H groups in total. The Morgan fingerprint density at radius 3 is 2.86 bits per heavy atom. The summed E-state index contributed by atoms with van der Waals surface area (Å²) in [6.07, 6.45) is 2.95. The van der Waals surface area contributed by atoms with Crippen molar-refractivity contribution in [2.75, 3.05) is 25.1 Å². The van der Waals surface area contributed by atoms with Gasteiger partial charge in [0.25, 0.3) is 0 Å². The maximum atomic E-state index is 5.50. The van der Waals surface area contributed by atoms with Crippen LogP contribution in [-0.4, -0.2) is 30.2 Å². The first-order valence-corrected chi connectivity index (χ1v) is 7.37. The van der Waals surface area contributed by atoms with E-state index in [0.29, 0.717) is 5.92 Å². The van der Waals surface area contributed by atoms with Gasteiger partial charge in [0.15, 0.2) is 0 Å². The fourth-order valence-corrected chi connectivity index (χ4v) is 3.03. The summed E-state index contributed by atoms with van der Waals surface area (Å²) in [5.41, 5.74) is 3.26. The molecular formula is C17H21N3O. The Hall–Kier alpha value is -2.10. The molecular weight excluding hydrogens is 262 g/mol. The molecule has 1 atom stereocenters. The predicted octanol–water partition coefficient (Wildman–Crippen LogP) is 3.10. The summed E-state index contributed by atoms with van der Waals surface area (Å²) in [5, 5.41) is 0. The van der Waals surface area contributed by atoms with Crippen LogP contribution in [0.3, 0.4) is 0 Å². The molecule has 1 aromatic carbocycles. The summed E-state index contributed by atoms with van der Waals surface area (Å²) in [6.45, 7) is 6.00. The van der Waals surface area contributed by atoms with Crippen LogP contribution in [0.2, 0.25) is 0 Å². The molecule has 4 nitrogen and oxygen atoms in total. The number of nitrogens with zero attached hydrogens (tertiary/aromatic N) is 3. The summed E-state index contributed by atoms with van der Waals surface area (Å²) < 4.78 is 5.50. The lowest BCUT2D eigenvalue weighted by Crippen LogP contribution is -2.22. The Bertz CT molecular complexity index is 642. The molecule has 1 fully saturated rings. The second kappa shape index (κ2) is 5.72. The number of rotatable bonds is 3. The van der Waals surface area contributed by atoms with Gasteiger partial charge in [-0.05, 0) is 31.9 Å². The number of para-hydroxylation sites is 1. The van der Waals surface area contributed by atoms with Crippen molar-refractivity contribution in [2.24, 2.45) is 0 Å². The second-order valence-corrected chi connectivity index (χ2v) is 5.59. The SMILES string of the molecule is COc1ccccc1C1CCN(c2nc(C)cnc2C)C1. The monoisotopic (exact) mass is 283 g/mol. The van der Waals surface area contributed by atoms with Crippen molar-refractivity contribution < 1.29 is 4.74 Å². The van der Waals surface area contributed by atoms with E-state index < -0.39 is 0 Å². The van der Waals surface area contributed by atoms with E-state index in [1.807, 2.05) is 32.2 Å². The minimum absolute atomic E-state index is 0.489. The highest BCUT2D eigenvalue weighted by Crippen LogP contribution is 2.35. The number of hydrogen-bond acceptors (Lipinski definition) is 4. The van der Waals surface area contributed by atoms with E-state index in [-0.39, 0.29) is 0 Å². The molecule has 2 heterocycles. The Balaban J connectivity index is 1.84. The fourth-order valence-electron chi connectivity index (χ4n) is 3.03. The van der Waals surface area contributed by atoms with Crippen molar-refractivity contribution in [3.63, 3.8) is 0 Å². The molecule has 0 aliphatic carbocycles. The predicted molar refractivity (Wildman–Crippen MR) is 84.1 cm³/mol. The Morgan fingerprint density at radius 2 is 2.05 bits per heavy atom. The highest BCUT2D eigenvalue weighted by Gasteiger charge is 2.27.